The summed E-state index contributed by atoms with van der Waals surface area (Å²) in [7, 11) is 0. The molecule has 2 aromatic rings. The van der Waals surface area contributed by atoms with E-state index < -0.39 is 0 Å². The molecule has 0 N–H and O–H groups in total. The Labute approximate surface area is 116 Å². The van der Waals surface area contributed by atoms with E-state index in [4.69, 9.17) is 4.42 Å². The smallest absolute Gasteiger partial charge is 0.173 e. The predicted molar refractivity (Wildman–Crippen MR) is 73.1 cm³/mol. The molecule has 0 saturated heterocycles. The highest BCUT2D eigenvalue weighted by molar-refractivity contribution is 9.10. The van der Waals surface area contributed by atoms with Crippen molar-refractivity contribution in [3.05, 3.63) is 57.2 Å². The van der Waals surface area contributed by atoms with Gasteiger partial charge < -0.3 is 4.42 Å². The van der Waals surface area contributed by atoms with Crippen LogP contribution in [0.4, 0.5) is 4.39 Å². The largest absolute Gasteiger partial charge is 0.457 e. The Morgan fingerprint density at radius 3 is 2.29 bits per heavy atom. The monoisotopic (exact) mass is 360 g/mol. The fourth-order valence-electron chi connectivity index (χ4n) is 1.79. The lowest BCUT2D eigenvalue weighted by Gasteiger charge is -2.12. The molecule has 90 valence electrons. The number of hydrogen-bond acceptors (Lipinski definition) is 1. The van der Waals surface area contributed by atoms with Crippen molar-refractivity contribution >= 4 is 31.9 Å². The summed E-state index contributed by atoms with van der Waals surface area (Å²) in [5.41, 5.74) is 3.33. The third-order valence-electron chi connectivity index (χ3n) is 2.67. The first kappa shape index (κ1) is 12.8. The van der Waals surface area contributed by atoms with E-state index in [0.717, 1.165) is 11.1 Å². The van der Waals surface area contributed by atoms with Gasteiger partial charge >= 0.3 is 0 Å². The molecule has 2 rings (SSSR count). The van der Waals surface area contributed by atoms with E-state index in [2.05, 4.69) is 31.9 Å². The Bertz CT molecular complexity index is 525. The SMILES string of the molecule is Cc1cc(C(Br)c2ccoc2Br)cc(C)c1F. The molecule has 1 unspecified atom stereocenters. The van der Waals surface area contributed by atoms with E-state index in [1.165, 1.54) is 0 Å². The van der Waals surface area contributed by atoms with Crippen LogP contribution in [0.3, 0.4) is 0 Å². The summed E-state index contributed by atoms with van der Waals surface area (Å²) in [5.74, 6) is -0.139. The van der Waals surface area contributed by atoms with Crippen LogP contribution in [0.15, 0.2) is 33.5 Å². The van der Waals surface area contributed by atoms with Gasteiger partial charge in [0.25, 0.3) is 0 Å². The van der Waals surface area contributed by atoms with E-state index in [1.54, 1.807) is 20.1 Å². The highest BCUT2D eigenvalue weighted by Crippen LogP contribution is 2.37. The average molecular weight is 362 g/mol. The van der Waals surface area contributed by atoms with E-state index >= 15 is 0 Å². The first-order valence-corrected chi connectivity index (χ1v) is 6.85. The lowest BCUT2D eigenvalue weighted by molar-refractivity contribution is 0.537. The average Bonchev–Trinajstić information content (AvgIpc) is 2.70. The number of halogens is 3. The number of aryl methyl sites for hydroxylation is 2. The first-order chi connectivity index (χ1) is 8.00. The van der Waals surface area contributed by atoms with Crippen molar-refractivity contribution in [1.29, 1.82) is 0 Å². The van der Waals surface area contributed by atoms with Crippen molar-refractivity contribution in [2.24, 2.45) is 0 Å². The molecule has 0 saturated carbocycles. The van der Waals surface area contributed by atoms with E-state index in [-0.39, 0.29) is 10.6 Å². The van der Waals surface area contributed by atoms with Crippen LogP contribution in [0.5, 0.6) is 0 Å². The van der Waals surface area contributed by atoms with Crippen molar-refractivity contribution < 1.29 is 8.81 Å². The Morgan fingerprint density at radius 1 is 1.24 bits per heavy atom. The molecule has 0 bridgehead atoms. The lowest BCUT2D eigenvalue weighted by atomic mass is 10.0. The summed E-state index contributed by atoms with van der Waals surface area (Å²) < 4.78 is 19.5. The van der Waals surface area contributed by atoms with Gasteiger partial charge in [-0.15, -0.1) is 0 Å². The Morgan fingerprint density at radius 2 is 1.82 bits per heavy atom. The standard InChI is InChI=1S/C13H11Br2FO/c1-7-5-9(6-8(2)12(7)16)11(14)10-3-4-17-13(10)15/h3-6,11H,1-2H3. The number of hydrogen-bond donors (Lipinski definition) is 0. The van der Waals surface area contributed by atoms with Gasteiger partial charge in [-0.2, -0.15) is 0 Å². The molecule has 0 spiro atoms. The van der Waals surface area contributed by atoms with Gasteiger partial charge in [0, 0.05) is 5.56 Å². The molecule has 1 heterocycles. The van der Waals surface area contributed by atoms with Crippen molar-refractivity contribution in [3.63, 3.8) is 0 Å². The van der Waals surface area contributed by atoms with E-state index in [0.29, 0.717) is 15.8 Å². The van der Waals surface area contributed by atoms with Crippen LogP contribution in [0.25, 0.3) is 0 Å². The van der Waals surface area contributed by atoms with E-state index in [9.17, 15) is 4.39 Å². The minimum Gasteiger partial charge on any atom is -0.457 e. The molecule has 0 radical (unpaired) electrons. The van der Waals surface area contributed by atoms with Gasteiger partial charge in [-0.1, -0.05) is 28.1 Å². The Kier molecular flexibility index (Phi) is 3.73. The maximum absolute atomic E-state index is 13.6. The lowest BCUT2D eigenvalue weighted by Crippen LogP contribution is -1.96. The molecule has 0 aliphatic heterocycles. The van der Waals surface area contributed by atoms with E-state index in [1.807, 2.05) is 18.2 Å². The first-order valence-electron chi connectivity index (χ1n) is 5.14. The van der Waals surface area contributed by atoms with Crippen LogP contribution in [-0.2, 0) is 0 Å². The fraction of sp³-hybridized carbons (Fsp3) is 0.231. The summed E-state index contributed by atoms with van der Waals surface area (Å²) in [6, 6.07) is 5.58. The minimum atomic E-state index is -0.139. The van der Waals surface area contributed by atoms with Crippen LogP contribution in [-0.4, -0.2) is 0 Å². The molecular weight excluding hydrogens is 351 g/mol. The molecule has 0 amide bonds. The van der Waals surface area contributed by atoms with Crippen LogP contribution >= 0.6 is 31.9 Å². The summed E-state index contributed by atoms with van der Waals surface area (Å²) in [6.07, 6.45) is 1.62. The molecule has 0 aliphatic rings. The molecule has 1 aromatic carbocycles. The van der Waals surface area contributed by atoms with Gasteiger partial charge in [-0.25, -0.2) is 4.39 Å². The van der Waals surface area contributed by atoms with Gasteiger partial charge in [-0.05, 0) is 52.5 Å². The topological polar surface area (TPSA) is 13.1 Å². The molecule has 17 heavy (non-hydrogen) atoms. The molecule has 0 fully saturated rings. The van der Waals surface area contributed by atoms with Gasteiger partial charge in [0.05, 0.1) is 11.1 Å². The van der Waals surface area contributed by atoms with Crippen LogP contribution in [0.1, 0.15) is 27.1 Å². The number of furan rings is 1. The normalized spacial score (nSPS) is 12.8. The highest BCUT2D eigenvalue weighted by atomic mass is 79.9. The number of rotatable bonds is 2. The second-order valence-corrected chi connectivity index (χ2v) is 5.62. The zero-order chi connectivity index (χ0) is 12.6. The van der Waals surface area contributed by atoms with Crippen LogP contribution in [0.2, 0.25) is 0 Å². The highest BCUT2D eigenvalue weighted by Gasteiger charge is 2.17. The Hall–Kier alpha value is -0.610. The zero-order valence-corrected chi connectivity index (χ0v) is 12.6. The second-order valence-electron chi connectivity index (χ2n) is 3.98. The van der Waals surface area contributed by atoms with Crippen molar-refractivity contribution in [3.8, 4) is 0 Å². The van der Waals surface area contributed by atoms with Crippen LogP contribution in [0, 0.1) is 19.7 Å². The third kappa shape index (κ3) is 2.47. The van der Waals surface area contributed by atoms with Gasteiger partial charge in [0.2, 0.25) is 0 Å². The maximum Gasteiger partial charge on any atom is 0.173 e. The Balaban J connectivity index is 2.45. The summed E-state index contributed by atoms with van der Waals surface area (Å²) in [5, 5.41) is 0. The number of alkyl halides is 1. The quantitative estimate of drug-likeness (QED) is 0.663. The summed E-state index contributed by atoms with van der Waals surface area (Å²) >= 11 is 6.95. The van der Waals surface area contributed by atoms with Gasteiger partial charge in [0.1, 0.15) is 5.82 Å². The molecule has 4 heteroatoms. The molecule has 1 nitrogen and oxygen atoms in total. The van der Waals surface area contributed by atoms with Crippen molar-refractivity contribution in [1.82, 2.24) is 0 Å². The van der Waals surface area contributed by atoms with Crippen LogP contribution < -0.4 is 0 Å². The molecule has 0 aliphatic carbocycles. The summed E-state index contributed by atoms with van der Waals surface area (Å²) in [4.78, 5) is -0.00590. The van der Waals surface area contributed by atoms with Gasteiger partial charge in [0.15, 0.2) is 4.67 Å². The minimum absolute atomic E-state index is 0.00590. The molecule has 1 atom stereocenters. The van der Waals surface area contributed by atoms with Gasteiger partial charge in [-0.3, -0.25) is 0 Å². The molecular formula is C13H11Br2FO. The van der Waals surface area contributed by atoms with Crippen molar-refractivity contribution in [2.45, 2.75) is 18.7 Å². The maximum atomic E-state index is 13.6. The predicted octanol–water partition coefficient (Wildman–Crippen LogP) is 5.28. The number of benzene rings is 1. The summed E-state index contributed by atoms with van der Waals surface area (Å²) in [6.45, 7) is 3.55. The van der Waals surface area contributed by atoms with Crippen molar-refractivity contribution in [2.75, 3.05) is 0 Å². The molecule has 1 aromatic heterocycles. The fourth-order valence-corrected chi connectivity index (χ4v) is 3.19. The zero-order valence-electron chi connectivity index (χ0n) is 9.43. The third-order valence-corrected chi connectivity index (χ3v) is 4.34. The second kappa shape index (κ2) is 4.94.